The van der Waals surface area contributed by atoms with Crippen LogP contribution in [0.3, 0.4) is 0 Å². The van der Waals surface area contributed by atoms with E-state index in [1.54, 1.807) is 12.1 Å². The predicted octanol–water partition coefficient (Wildman–Crippen LogP) is 2.68. The molecule has 2 unspecified atom stereocenters. The zero-order chi connectivity index (χ0) is 13.9. The van der Waals surface area contributed by atoms with Crippen molar-refractivity contribution in [2.24, 2.45) is 11.7 Å². The molecular formula is C15H23NO2S. The van der Waals surface area contributed by atoms with E-state index in [4.69, 9.17) is 5.73 Å². The van der Waals surface area contributed by atoms with E-state index in [1.165, 1.54) is 0 Å². The molecule has 0 radical (unpaired) electrons. The van der Waals surface area contributed by atoms with Crippen molar-refractivity contribution in [3.05, 3.63) is 29.8 Å². The van der Waals surface area contributed by atoms with E-state index in [0.717, 1.165) is 37.7 Å². The van der Waals surface area contributed by atoms with Gasteiger partial charge in [-0.2, -0.15) is 0 Å². The fourth-order valence-electron chi connectivity index (χ4n) is 2.93. The van der Waals surface area contributed by atoms with Gasteiger partial charge in [0.1, 0.15) is 0 Å². The maximum Gasteiger partial charge on any atom is 0.181 e. The second-order valence-corrected chi connectivity index (χ2v) is 7.70. The van der Waals surface area contributed by atoms with Crippen molar-refractivity contribution in [1.82, 2.24) is 0 Å². The Morgan fingerprint density at radius 1 is 1.11 bits per heavy atom. The van der Waals surface area contributed by atoms with Crippen LogP contribution in [0.4, 0.5) is 0 Å². The molecule has 0 aliphatic heterocycles. The Kier molecular flexibility index (Phi) is 4.63. The Labute approximate surface area is 116 Å². The number of benzene rings is 1. The van der Waals surface area contributed by atoms with Gasteiger partial charge >= 0.3 is 0 Å². The van der Waals surface area contributed by atoms with E-state index in [-0.39, 0.29) is 11.2 Å². The van der Waals surface area contributed by atoms with Gasteiger partial charge in [-0.3, -0.25) is 0 Å². The fourth-order valence-corrected chi connectivity index (χ4v) is 5.03. The molecule has 1 saturated carbocycles. The molecule has 1 aromatic rings. The van der Waals surface area contributed by atoms with Crippen LogP contribution in [0.2, 0.25) is 0 Å². The lowest BCUT2D eigenvalue weighted by molar-refractivity contribution is 0.456. The molecule has 106 valence electrons. The Balaban J connectivity index is 2.33. The van der Waals surface area contributed by atoms with Gasteiger partial charge in [0.15, 0.2) is 9.84 Å². The molecule has 2 atom stereocenters. The molecule has 1 aliphatic carbocycles. The Hall–Kier alpha value is -0.870. The highest BCUT2D eigenvalue weighted by atomic mass is 32.2. The van der Waals surface area contributed by atoms with Crippen molar-refractivity contribution in [2.75, 3.05) is 6.54 Å². The van der Waals surface area contributed by atoms with Crippen molar-refractivity contribution < 1.29 is 8.42 Å². The largest absolute Gasteiger partial charge is 0.330 e. The molecule has 4 heteroatoms. The normalized spacial score (nSPS) is 24.9. The van der Waals surface area contributed by atoms with E-state index in [2.05, 4.69) is 0 Å². The summed E-state index contributed by atoms with van der Waals surface area (Å²) in [5, 5.41) is -0.303. The average Bonchev–Trinajstić information content (AvgIpc) is 2.64. The summed E-state index contributed by atoms with van der Waals surface area (Å²) >= 11 is 0. The first-order valence-corrected chi connectivity index (χ1v) is 8.61. The number of rotatable bonds is 3. The van der Waals surface area contributed by atoms with Crippen molar-refractivity contribution in [2.45, 2.75) is 49.2 Å². The molecule has 0 bridgehead atoms. The van der Waals surface area contributed by atoms with Crippen molar-refractivity contribution >= 4 is 9.84 Å². The molecule has 0 saturated heterocycles. The number of aryl methyl sites for hydroxylation is 1. The molecule has 0 aromatic heterocycles. The van der Waals surface area contributed by atoms with Gasteiger partial charge in [0, 0.05) is 0 Å². The maximum absolute atomic E-state index is 12.8. The zero-order valence-corrected chi connectivity index (χ0v) is 12.3. The average molecular weight is 281 g/mol. The van der Waals surface area contributed by atoms with Crippen LogP contribution in [0.15, 0.2) is 29.2 Å². The first-order valence-electron chi connectivity index (χ1n) is 7.06. The van der Waals surface area contributed by atoms with E-state index in [0.29, 0.717) is 11.4 Å². The molecule has 3 nitrogen and oxygen atoms in total. The van der Waals surface area contributed by atoms with Gasteiger partial charge in [-0.25, -0.2) is 8.42 Å². The second-order valence-electron chi connectivity index (χ2n) is 5.53. The highest BCUT2D eigenvalue weighted by molar-refractivity contribution is 7.92. The molecular weight excluding hydrogens is 258 g/mol. The number of hydrogen-bond donors (Lipinski definition) is 1. The van der Waals surface area contributed by atoms with Gasteiger partial charge in [0.2, 0.25) is 0 Å². The highest BCUT2D eigenvalue weighted by Gasteiger charge is 2.34. The van der Waals surface area contributed by atoms with Crippen LogP contribution >= 0.6 is 0 Å². The Morgan fingerprint density at radius 2 is 1.74 bits per heavy atom. The summed E-state index contributed by atoms with van der Waals surface area (Å²) in [4.78, 5) is 0.448. The molecule has 0 spiro atoms. The monoisotopic (exact) mass is 281 g/mol. The Bertz CT molecular complexity index is 507. The fraction of sp³-hybridized carbons (Fsp3) is 0.600. The first-order chi connectivity index (χ1) is 9.05. The molecule has 2 rings (SSSR count). The second kappa shape index (κ2) is 6.06. The van der Waals surface area contributed by atoms with E-state index in [1.807, 2.05) is 19.1 Å². The summed E-state index contributed by atoms with van der Waals surface area (Å²) in [6.45, 7) is 2.43. The summed E-state index contributed by atoms with van der Waals surface area (Å²) in [6, 6.07) is 7.17. The standard InChI is InChI=1S/C15H23NO2S/c1-12-7-9-14(10-8-12)19(17,18)15-6-4-2-3-5-13(15)11-16/h7-10,13,15H,2-6,11,16H2,1H3. The lowest BCUT2D eigenvalue weighted by Crippen LogP contribution is -2.34. The van der Waals surface area contributed by atoms with E-state index >= 15 is 0 Å². The summed E-state index contributed by atoms with van der Waals surface area (Å²) < 4.78 is 25.5. The molecule has 1 aromatic carbocycles. The smallest absolute Gasteiger partial charge is 0.181 e. The summed E-state index contributed by atoms with van der Waals surface area (Å²) in [5.41, 5.74) is 6.88. The first kappa shape index (κ1) is 14.5. The van der Waals surface area contributed by atoms with Crippen LogP contribution in [0, 0.1) is 12.8 Å². The minimum atomic E-state index is -3.24. The van der Waals surface area contributed by atoms with E-state index < -0.39 is 9.84 Å². The molecule has 19 heavy (non-hydrogen) atoms. The lowest BCUT2D eigenvalue weighted by atomic mass is 10.0. The van der Waals surface area contributed by atoms with Gasteiger partial charge in [-0.05, 0) is 44.4 Å². The van der Waals surface area contributed by atoms with Gasteiger partial charge in [0.25, 0.3) is 0 Å². The van der Waals surface area contributed by atoms with Gasteiger partial charge in [-0.1, -0.05) is 37.0 Å². The third-order valence-corrected chi connectivity index (χ3v) is 6.49. The van der Waals surface area contributed by atoms with Crippen LogP contribution in [-0.4, -0.2) is 20.2 Å². The van der Waals surface area contributed by atoms with Gasteiger partial charge < -0.3 is 5.73 Å². The van der Waals surface area contributed by atoms with Crippen LogP contribution in [-0.2, 0) is 9.84 Å². The molecule has 0 amide bonds. The number of hydrogen-bond acceptors (Lipinski definition) is 3. The predicted molar refractivity (Wildman–Crippen MR) is 77.8 cm³/mol. The van der Waals surface area contributed by atoms with Crippen LogP contribution in [0.1, 0.15) is 37.7 Å². The van der Waals surface area contributed by atoms with Gasteiger partial charge in [0.05, 0.1) is 10.1 Å². The summed E-state index contributed by atoms with van der Waals surface area (Å²) in [7, 11) is -3.24. The SMILES string of the molecule is Cc1ccc(S(=O)(=O)C2CCCCCC2CN)cc1. The molecule has 0 heterocycles. The Morgan fingerprint density at radius 3 is 2.37 bits per heavy atom. The van der Waals surface area contributed by atoms with E-state index in [9.17, 15) is 8.42 Å². The molecule has 1 aliphatic rings. The van der Waals surface area contributed by atoms with Crippen molar-refractivity contribution in [3.63, 3.8) is 0 Å². The van der Waals surface area contributed by atoms with Crippen LogP contribution in [0.5, 0.6) is 0 Å². The lowest BCUT2D eigenvalue weighted by Gasteiger charge is -2.23. The van der Waals surface area contributed by atoms with Crippen LogP contribution in [0.25, 0.3) is 0 Å². The summed E-state index contributed by atoms with van der Waals surface area (Å²) in [6.07, 6.45) is 4.90. The minimum absolute atomic E-state index is 0.105. The third kappa shape index (κ3) is 3.18. The maximum atomic E-state index is 12.8. The van der Waals surface area contributed by atoms with Gasteiger partial charge in [-0.15, -0.1) is 0 Å². The number of nitrogens with two attached hydrogens (primary N) is 1. The third-order valence-electron chi connectivity index (χ3n) is 4.14. The van der Waals surface area contributed by atoms with Crippen molar-refractivity contribution in [1.29, 1.82) is 0 Å². The van der Waals surface area contributed by atoms with Crippen LogP contribution < -0.4 is 5.73 Å². The zero-order valence-electron chi connectivity index (χ0n) is 11.5. The minimum Gasteiger partial charge on any atom is -0.330 e. The molecule has 2 N–H and O–H groups in total. The van der Waals surface area contributed by atoms with Crippen molar-refractivity contribution in [3.8, 4) is 0 Å². The molecule has 1 fully saturated rings. The number of sulfone groups is 1. The summed E-state index contributed by atoms with van der Waals surface area (Å²) in [5.74, 6) is 0.105. The highest BCUT2D eigenvalue weighted by Crippen LogP contribution is 2.31. The quantitative estimate of drug-likeness (QED) is 0.867. The topological polar surface area (TPSA) is 60.2 Å².